The largest absolute Gasteiger partial charge is 0.394 e. The van der Waals surface area contributed by atoms with Crippen molar-refractivity contribution in [1.82, 2.24) is 5.32 Å². The average molecular weight is 908 g/mol. The normalized spacial score (nSPS) is 20.1. The van der Waals surface area contributed by atoms with Gasteiger partial charge in [0.05, 0.1) is 25.4 Å². The minimum absolute atomic E-state index is 0.134. The Morgan fingerprint density at radius 2 is 0.922 bits per heavy atom. The molecule has 7 atom stereocenters. The molecule has 0 radical (unpaired) electrons. The van der Waals surface area contributed by atoms with Gasteiger partial charge in [-0.2, -0.15) is 0 Å². The molecule has 6 N–H and O–H groups in total. The Morgan fingerprint density at radius 1 is 0.531 bits per heavy atom. The Labute approximate surface area is 394 Å². The van der Waals surface area contributed by atoms with E-state index in [9.17, 15) is 30.3 Å². The molecule has 7 unspecified atom stereocenters. The summed E-state index contributed by atoms with van der Waals surface area (Å²) in [4.78, 5) is 13.0. The first-order valence-electron chi connectivity index (χ1n) is 27.5. The predicted octanol–water partition coefficient (Wildman–Crippen LogP) is 13.0. The van der Waals surface area contributed by atoms with E-state index < -0.39 is 49.5 Å². The summed E-state index contributed by atoms with van der Waals surface area (Å²) >= 11 is 0. The third-order valence-corrected chi connectivity index (χ3v) is 13.3. The molecule has 0 aliphatic carbocycles. The summed E-state index contributed by atoms with van der Waals surface area (Å²) in [6.07, 6.45) is 49.2. The van der Waals surface area contributed by atoms with E-state index in [2.05, 4.69) is 43.5 Å². The summed E-state index contributed by atoms with van der Waals surface area (Å²) in [5, 5.41) is 54.5. The van der Waals surface area contributed by atoms with Gasteiger partial charge in [-0.05, 0) is 44.9 Å². The SMILES string of the molecule is CCCCCCC/C=C\C/C=C\CCCCCCCCCCCCCCCCCCCC(=O)NC(COC1OC(CO)C(O)C(O)C1O)C(O)CCCCCCCCCCCCCC. The number of hydrogen-bond acceptors (Lipinski definition) is 8. The molecule has 9 nitrogen and oxygen atoms in total. The van der Waals surface area contributed by atoms with Crippen LogP contribution >= 0.6 is 0 Å². The third kappa shape index (κ3) is 34.9. The van der Waals surface area contributed by atoms with E-state index in [0.717, 1.165) is 44.9 Å². The number of nitrogens with one attached hydrogen (secondary N) is 1. The van der Waals surface area contributed by atoms with Crippen LogP contribution in [0.1, 0.15) is 264 Å². The molecule has 64 heavy (non-hydrogen) atoms. The first-order chi connectivity index (χ1) is 31.3. The molecular weight excluding hydrogens is 803 g/mol. The maximum Gasteiger partial charge on any atom is 0.220 e. The Bertz CT molecular complexity index is 1060. The van der Waals surface area contributed by atoms with E-state index in [0.29, 0.717) is 12.8 Å². The van der Waals surface area contributed by atoms with Gasteiger partial charge in [0, 0.05) is 6.42 Å². The molecule has 1 amide bonds. The van der Waals surface area contributed by atoms with Crippen LogP contribution in [-0.4, -0.2) is 87.5 Å². The van der Waals surface area contributed by atoms with Gasteiger partial charge in [-0.3, -0.25) is 4.79 Å². The second-order valence-corrected chi connectivity index (χ2v) is 19.4. The van der Waals surface area contributed by atoms with E-state index in [-0.39, 0.29) is 12.5 Å². The molecule has 0 spiro atoms. The third-order valence-electron chi connectivity index (χ3n) is 13.3. The molecule has 1 rings (SSSR count). The number of ether oxygens (including phenoxy) is 2. The van der Waals surface area contributed by atoms with Gasteiger partial charge in [-0.1, -0.05) is 237 Å². The summed E-state index contributed by atoms with van der Waals surface area (Å²) in [6, 6.07) is -0.715. The summed E-state index contributed by atoms with van der Waals surface area (Å²) in [5.41, 5.74) is 0. The number of aliphatic hydroxyl groups is 5. The number of amides is 1. The van der Waals surface area contributed by atoms with Crippen LogP contribution in [0, 0.1) is 0 Å². The lowest BCUT2D eigenvalue weighted by Gasteiger charge is -2.40. The average Bonchev–Trinajstić information content (AvgIpc) is 3.29. The Balaban J connectivity index is 2.13. The summed E-state index contributed by atoms with van der Waals surface area (Å²) in [7, 11) is 0. The van der Waals surface area contributed by atoms with Gasteiger partial charge >= 0.3 is 0 Å². The van der Waals surface area contributed by atoms with E-state index in [4.69, 9.17) is 9.47 Å². The standard InChI is InChI=1S/C55H105NO8/c1-3-5-7-9-11-13-15-17-18-19-20-21-22-23-24-25-26-27-28-29-30-31-32-33-35-37-39-41-43-45-51(59)56-48(47-63-55-54(62)53(61)52(60)50(46-57)64-55)49(58)44-42-40-38-36-34-16-14-12-10-8-6-4-2/h15,17,19-20,48-50,52-55,57-58,60-62H,3-14,16,18,21-47H2,1-2H3,(H,56,59)/b17-15-,20-19-. The zero-order valence-electron chi connectivity index (χ0n) is 41.8. The van der Waals surface area contributed by atoms with Crippen LogP contribution in [-0.2, 0) is 14.3 Å². The maximum atomic E-state index is 13.0. The molecule has 1 heterocycles. The fourth-order valence-corrected chi connectivity index (χ4v) is 8.90. The Hall–Kier alpha value is -1.33. The quantitative estimate of drug-likeness (QED) is 0.0261. The second-order valence-electron chi connectivity index (χ2n) is 19.4. The molecule has 1 saturated heterocycles. The van der Waals surface area contributed by atoms with Gasteiger partial charge in [0.1, 0.15) is 24.4 Å². The van der Waals surface area contributed by atoms with Gasteiger partial charge in [-0.25, -0.2) is 0 Å². The smallest absolute Gasteiger partial charge is 0.220 e. The zero-order chi connectivity index (χ0) is 46.6. The van der Waals surface area contributed by atoms with Gasteiger partial charge in [-0.15, -0.1) is 0 Å². The van der Waals surface area contributed by atoms with Crippen molar-refractivity contribution in [3.05, 3.63) is 24.3 Å². The van der Waals surface area contributed by atoms with E-state index in [1.165, 1.54) is 193 Å². The lowest BCUT2D eigenvalue weighted by atomic mass is 9.99. The molecule has 0 aromatic heterocycles. The number of unbranched alkanes of at least 4 members (excludes halogenated alkanes) is 33. The van der Waals surface area contributed by atoms with E-state index in [1.807, 2.05) is 0 Å². The molecule has 1 aliphatic rings. The number of hydrogen-bond donors (Lipinski definition) is 6. The lowest BCUT2D eigenvalue weighted by Crippen LogP contribution is -2.60. The van der Waals surface area contributed by atoms with Crippen LogP contribution in [0.2, 0.25) is 0 Å². The fourth-order valence-electron chi connectivity index (χ4n) is 8.90. The van der Waals surface area contributed by atoms with Gasteiger partial charge in [0.25, 0.3) is 0 Å². The fraction of sp³-hybridized carbons (Fsp3) is 0.909. The monoisotopic (exact) mass is 908 g/mol. The highest BCUT2D eigenvalue weighted by Crippen LogP contribution is 2.23. The van der Waals surface area contributed by atoms with Crippen molar-refractivity contribution in [1.29, 1.82) is 0 Å². The molecule has 1 fully saturated rings. The molecule has 0 bridgehead atoms. The van der Waals surface area contributed by atoms with E-state index >= 15 is 0 Å². The Kier molecular flexibility index (Phi) is 43.1. The highest BCUT2D eigenvalue weighted by molar-refractivity contribution is 5.76. The minimum Gasteiger partial charge on any atom is -0.394 e. The van der Waals surface area contributed by atoms with Crippen molar-refractivity contribution in [3.63, 3.8) is 0 Å². The molecular formula is C55H105NO8. The van der Waals surface area contributed by atoms with Crippen LogP contribution in [0.25, 0.3) is 0 Å². The molecule has 1 aliphatic heterocycles. The van der Waals surface area contributed by atoms with Crippen LogP contribution in [0.3, 0.4) is 0 Å². The molecule has 378 valence electrons. The number of rotatable bonds is 47. The maximum absolute atomic E-state index is 13.0. The highest BCUT2D eigenvalue weighted by Gasteiger charge is 2.44. The second kappa shape index (κ2) is 45.5. The predicted molar refractivity (Wildman–Crippen MR) is 267 cm³/mol. The molecule has 9 heteroatoms. The molecule has 0 aromatic carbocycles. The molecule has 0 saturated carbocycles. The summed E-state index contributed by atoms with van der Waals surface area (Å²) in [6.45, 7) is 3.84. The summed E-state index contributed by atoms with van der Waals surface area (Å²) in [5.74, 6) is -0.142. The minimum atomic E-state index is -1.55. The van der Waals surface area contributed by atoms with Gasteiger partial charge in [0.15, 0.2) is 6.29 Å². The van der Waals surface area contributed by atoms with Crippen LogP contribution < -0.4 is 5.32 Å². The van der Waals surface area contributed by atoms with Crippen molar-refractivity contribution >= 4 is 5.91 Å². The first-order valence-corrected chi connectivity index (χ1v) is 27.5. The first kappa shape index (κ1) is 60.7. The van der Waals surface area contributed by atoms with Crippen molar-refractivity contribution in [2.45, 2.75) is 307 Å². The Morgan fingerprint density at radius 3 is 1.34 bits per heavy atom. The van der Waals surface area contributed by atoms with E-state index in [1.54, 1.807) is 0 Å². The van der Waals surface area contributed by atoms with Crippen molar-refractivity contribution < 1.29 is 39.8 Å². The number of carbonyl (C=O) groups is 1. The van der Waals surface area contributed by atoms with Crippen LogP contribution in [0.5, 0.6) is 0 Å². The van der Waals surface area contributed by atoms with Gasteiger partial charge in [0.2, 0.25) is 5.91 Å². The number of aliphatic hydroxyl groups excluding tert-OH is 5. The highest BCUT2D eigenvalue weighted by atomic mass is 16.7. The van der Waals surface area contributed by atoms with Crippen molar-refractivity contribution in [2.75, 3.05) is 13.2 Å². The lowest BCUT2D eigenvalue weighted by molar-refractivity contribution is -0.302. The van der Waals surface area contributed by atoms with Crippen molar-refractivity contribution in [2.24, 2.45) is 0 Å². The van der Waals surface area contributed by atoms with Crippen LogP contribution in [0.15, 0.2) is 24.3 Å². The summed E-state index contributed by atoms with van der Waals surface area (Å²) < 4.78 is 11.3. The topological polar surface area (TPSA) is 149 Å². The van der Waals surface area contributed by atoms with Crippen LogP contribution in [0.4, 0.5) is 0 Å². The number of carbonyl (C=O) groups excluding carboxylic acids is 1. The van der Waals surface area contributed by atoms with Crippen molar-refractivity contribution in [3.8, 4) is 0 Å². The van der Waals surface area contributed by atoms with Gasteiger partial charge < -0.3 is 40.3 Å². The zero-order valence-corrected chi connectivity index (χ0v) is 41.8. The number of allylic oxidation sites excluding steroid dienone is 4. The molecule has 0 aromatic rings.